The van der Waals surface area contributed by atoms with Gasteiger partial charge in [-0.25, -0.2) is 8.42 Å². The number of hydrogen-bond acceptors (Lipinski definition) is 5. The molecule has 0 fully saturated rings. The van der Waals surface area contributed by atoms with E-state index in [-0.39, 0.29) is 12.6 Å². The molecule has 0 aliphatic heterocycles. The molecule has 0 aromatic carbocycles. The summed E-state index contributed by atoms with van der Waals surface area (Å²) in [6.45, 7) is 1.87. The van der Waals surface area contributed by atoms with E-state index in [1.165, 1.54) is 4.31 Å². The number of aliphatic hydroxyl groups is 1. The number of aliphatic hydroxyl groups excluding tert-OH is 1. The maximum atomic E-state index is 12.4. The van der Waals surface area contributed by atoms with Gasteiger partial charge in [0.1, 0.15) is 4.21 Å². The van der Waals surface area contributed by atoms with Crippen LogP contribution in [0.4, 0.5) is 0 Å². The number of sulfonamides is 1. The van der Waals surface area contributed by atoms with Gasteiger partial charge in [-0.1, -0.05) is 6.92 Å². The summed E-state index contributed by atoms with van der Waals surface area (Å²) < 4.78 is 26.5. The molecule has 1 aromatic rings. The van der Waals surface area contributed by atoms with Crippen molar-refractivity contribution in [3.8, 4) is 0 Å². The molecule has 4 nitrogen and oxygen atoms in total. The van der Waals surface area contributed by atoms with Crippen LogP contribution >= 0.6 is 23.1 Å². The molecule has 1 heterocycles. The molecule has 0 spiro atoms. The van der Waals surface area contributed by atoms with E-state index in [0.29, 0.717) is 9.09 Å². The highest BCUT2D eigenvalue weighted by Gasteiger charge is 2.27. The van der Waals surface area contributed by atoms with Crippen LogP contribution in [0.2, 0.25) is 0 Å². The van der Waals surface area contributed by atoms with Gasteiger partial charge in [0.25, 0.3) is 10.0 Å². The van der Waals surface area contributed by atoms with Crippen molar-refractivity contribution in [2.24, 2.45) is 0 Å². The van der Waals surface area contributed by atoms with Crippen LogP contribution in [0.25, 0.3) is 0 Å². The number of thioether (sulfide) groups is 1. The van der Waals surface area contributed by atoms with Gasteiger partial charge >= 0.3 is 0 Å². The highest BCUT2D eigenvalue weighted by atomic mass is 32.2. The first-order valence-electron chi connectivity index (χ1n) is 5.63. The molecule has 0 saturated carbocycles. The van der Waals surface area contributed by atoms with E-state index >= 15 is 0 Å². The third-order valence-corrected chi connectivity index (χ3v) is 6.94. The molecule has 7 heteroatoms. The zero-order chi connectivity index (χ0) is 13.8. The van der Waals surface area contributed by atoms with Crippen molar-refractivity contribution in [3.05, 3.63) is 17.0 Å². The summed E-state index contributed by atoms with van der Waals surface area (Å²) in [6.07, 6.45) is 2.76. The van der Waals surface area contributed by atoms with Crippen molar-refractivity contribution in [3.63, 3.8) is 0 Å². The molecule has 1 aromatic heterocycles. The fraction of sp³-hybridized carbons (Fsp3) is 0.636. The summed E-state index contributed by atoms with van der Waals surface area (Å²) in [4.78, 5) is 0.667. The van der Waals surface area contributed by atoms with Crippen LogP contribution in [-0.2, 0) is 16.6 Å². The Hall–Kier alpha value is -0.0800. The van der Waals surface area contributed by atoms with Gasteiger partial charge in [0.2, 0.25) is 0 Å². The Bertz CT molecular complexity index is 470. The predicted molar refractivity (Wildman–Crippen MR) is 77.7 cm³/mol. The third kappa shape index (κ3) is 3.48. The Balaban J connectivity index is 2.97. The minimum absolute atomic E-state index is 0.00433. The van der Waals surface area contributed by atoms with Gasteiger partial charge in [-0.3, -0.25) is 0 Å². The summed E-state index contributed by atoms with van der Waals surface area (Å²) >= 11 is 2.77. The molecular weight excluding hydrogens is 290 g/mol. The summed E-state index contributed by atoms with van der Waals surface area (Å²) in [5, 5.41) is 8.99. The van der Waals surface area contributed by atoms with E-state index in [0.717, 1.165) is 23.5 Å². The summed E-state index contributed by atoms with van der Waals surface area (Å²) in [5.74, 6) is 0.782. The molecule has 1 atom stereocenters. The fourth-order valence-corrected chi connectivity index (χ4v) is 5.36. The van der Waals surface area contributed by atoms with Crippen molar-refractivity contribution < 1.29 is 13.5 Å². The second-order valence-corrected chi connectivity index (χ2v) is 8.22. The van der Waals surface area contributed by atoms with E-state index in [4.69, 9.17) is 5.11 Å². The molecule has 0 aliphatic carbocycles. The van der Waals surface area contributed by atoms with Gasteiger partial charge < -0.3 is 5.11 Å². The van der Waals surface area contributed by atoms with E-state index in [1.54, 1.807) is 30.9 Å². The second kappa shape index (κ2) is 6.91. The van der Waals surface area contributed by atoms with Gasteiger partial charge in [0, 0.05) is 23.7 Å². The lowest BCUT2D eigenvalue weighted by molar-refractivity contribution is 0.285. The minimum Gasteiger partial charge on any atom is -0.391 e. The molecule has 0 radical (unpaired) electrons. The lowest BCUT2D eigenvalue weighted by atomic mass is 10.3. The van der Waals surface area contributed by atoms with Gasteiger partial charge in [0.15, 0.2) is 0 Å². The van der Waals surface area contributed by atoms with E-state index < -0.39 is 10.0 Å². The van der Waals surface area contributed by atoms with Crippen LogP contribution in [0.3, 0.4) is 0 Å². The number of thiophene rings is 1. The largest absolute Gasteiger partial charge is 0.391 e. The standard InChI is InChI=1S/C11H19NO3S3/c1-4-9(8-16-3)12(2)18(14,15)11-6-5-10(7-13)17-11/h5-6,9,13H,4,7-8H2,1-3H3. The van der Waals surface area contributed by atoms with Crippen LogP contribution < -0.4 is 0 Å². The maximum absolute atomic E-state index is 12.4. The first kappa shape index (κ1) is 16.0. The predicted octanol–water partition coefficient (Wildman–Crippen LogP) is 2.00. The molecular formula is C11H19NO3S3. The van der Waals surface area contributed by atoms with Crippen molar-refractivity contribution in [2.75, 3.05) is 19.1 Å². The summed E-state index contributed by atoms with van der Waals surface area (Å²) in [7, 11) is -1.81. The Morgan fingerprint density at radius 2 is 2.17 bits per heavy atom. The quantitative estimate of drug-likeness (QED) is 0.837. The zero-order valence-electron chi connectivity index (χ0n) is 10.8. The number of hydrogen-bond donors (Lipinski definition) is 1. The lowest BCUT2D eigenvalue weighted by Crippen LogP contribution is -2.37. The van der Waals surface area contributed by atoms with Crippen LogP contribution in [-0.4, -0.2) is 42.9 Å². The van der Waals surface area contributed by atoms with Gasteiger partial charge in [-0.05, 0) is 24.8 Å². The minimum atomic E-state index is -3.43. The molecule has 0 aliphatic rings. The van der Waals surface area contributed by atoms with Crippen molar-refractivity contribution in [1.82, 2.24) is 4.31 Å². The second-order valence-electron chi connectivity index (χ2n) is 3.92. The van der Waals surface area contributed by atoms with Crippen LogP contribution in [0.5, 0.6) is 0 Å². The highest BCUT2D eigenvalue weighted by molar-refractivity contribution is 7.98. The summed E-state index contributed by atoms with van der Waals surface area (Å²) in [6, 6.07) is 3.22. The summed E-state index contributed by atoms with van der Waals surface area (Å²) in [5.41, 5.74) is 0. The monoisotopic (exact) mass is 309 g/mol. The Morgan fingerprint density at radius 1 is 1.50 bits per heavy atom. The van der Waals surface area contributed by atoms with Crippen LogP contribution in [0.15, 0.2) is 16.3 Å². The molecule has 18 heavy (non-hydrogen) atoms. The molecule has 0 amide bonds. The lowest BCUT2D eigenvalue weighted by Gasteiger charge is -2.25. The SMILES string of the molecule is CCC(CSC)N(C)S(=O)(=O)c1ccc(CO)s1. The first-order valence-corrected chi connectivity index (χ1v) is 9.29. The molecule has 1 rings (SSSR count). The van der Waals surface area contributed by atoms with Crippen molar-refractivity contribution in [1.29, 1.82) is 0 Å². The normalized spacial score (nSPS) is 14.1. The Morgan fingerprint density at radius 3 is 2.61 bits per heavy atom. The van der Waals surface area contributed by atoms with Crippen LogP contribution in [0, 0.1) is 0 Å². The molecule has 0 saturated heterocycles. The van der Waals surface area contributed by atoms with E-state index in [9.17, 15) is 8.42 Å². The third-order valence-electron chi connectivity index (χ3n) is 2.77. The zero-order valence-corrected chi connectivity index (χ0v) is 13.2. The van der Waals surface area contributed by atoms with Gasteiger partial charge in [0.05, 0.1) is 6.61 Å². The van der Waals surface area contributed by atoms with Gasteiger partial charge in [-0.2, -0.15) is 16.1 Å². The number of rotatable bonds is 7. The van der Waals surface area contributed by atoms with Crippen molar-refractivity contribution >= 4 is 33.1 Å². The smallest absolute Gasteiger partial charge is 0.252 e. The first-order chi connectivity index (χ1) is 8.47. The maximum Gasteiger partial charge on any atom is 0.252 e. The van der Waals surface area contributed by atoms with Gasteiger partial charge in [-0.15, -0.1) is 11.3 Å². The topological polar surface area (TPSA) is 57.6 Å². The molecule has 0 bridgehead atoms. The molecule has 1 unspecified atom stereocenters. The van der Waals surface area contributed by atoms with Crippen molar-refractivity contribution in [2.45, 2.75) is 30.2 Å². The Labute approximate surface area is 117 Å². The Kier molecular flexibility index (Phi) is 6.13. The average molecular weight is 309 g/mol. The fourth-order valence-electron chi connectivity index (χ4n) is 1.59. The average Bonchev–Trinajstić information content (AvgIpc) is 2.84. The number of nitrogens with zero attached hydrogens (tertiary/aromatic N) is 1. The van der Waals surface area contributed by atoms with E-state index in [1.807, 2.05) is 13.2 Å². The van der Waals surface area contributed by atoms with Crippen LogP contribution in [0.1, 0.15) is 18.2 Å². The highest BCUT2D eigenvalue weighted by Crippen LogP contribution is 2.26. The molecule has 104 valence electrons. The molecule has 1 N–H and O–H groups in total. The van der Waals surface area contributed by atoms with E-state index in [2.05, 4.69) is 0 Å².